The van der Waals surface area contributed by atoms with Crippen molar-refractivity contribution in [1.29, 1.82) is 0 Å². The van der Waals surface area contributed by atoms with E-state index in [0.717, 1.165) is 12.5 Å². The topological polar surface area (TPSA) is 66.7 Å². The Morgan fingerprint density at radius 1 is 1.33 bits per heavy atom. The largest absolute Gasteiger partial charge is 0.478 e. The van der Waals surface area contributed by atoms with Gasteiger partial charge in [-0.3, -0.25) is 0 Å². The van der Waals surface area contributed by atoms with E-state index >= 15 is 0 Å². The third-order valence-corrected chi connectivity index (χ3v) is 3.23. The van der Waals surface area contributed by atoms with E-state index in [4.69, 9.17) is 5.11 Å². The lowest BCUT2D eigenvalue weighted by Crippen LogP contribution is -2.33. The fraction of sp³-hybridized carbons (Fsp3) is 0.333. The number of carboxylic acids is 1. The van der Waals surface area contributed by atoms with Crippen molar-refractivity contribution in [2.75, 3.05) is 0 Å². The Kier molecular flexibility index (Phi) is 2.97. The third-order valence-electron chi connectivity index (χ3n) is 3.23. The first-order chi connectivity index (χ1) is 8.50. The molecule has 1 aliphatic carbocycles. The molecule has 1 aromatic carbocycles. The summed E-state index contributed by atoms with van der Waals surface area (Å²) >= 11 is 0. The van der Waals surface area contributed by atoms with Crippen molar-refractivity contribution in [3.05, 3.63) is 34.9 Å². The molecule has 0 radical (unpaired) electrons. The summed E-state index contributed by atoms with van der Waals surface area (Å²) in [5.74, 6) is -3.45. The summed E-state index contributed by atoms with van der Waals surface area (Å²) < 4.78 is 27.3. The van der Waals surface area contributed by atoms with Crippen LogP contribution in [0.5, 0.6) is 0 Å². The first-order valence-electron chi connectivity index (χ1n) is 5.32. The highest BCUT2D eigenvalue weighted by Gasteiger charge is 2.41. The molecule has 1 aliphatic rings. The van der Waals surface area contributed by atoms with E-state index in [1.807, 2.05) is 0 Å². The number of aromatic carboxylic acids is 1. The standard InChI is InChI=1S/C12H9F2NO3/c13-9-5-8(10(14)4-7(9)11(17)18)12(15-6-16)2-1-3-12/h4-5H,1-3H2,(H,17,18). The summed E-state index contributed by atoms with van der Waals surface area (Å²) in [6.45, 7) is 0. The minimum Gasteiger partial charge on any atom is -0.478 e. The van der Waals surface area contributed by atoms with Gasteiger partial charge in [-0.25, -0.2) is 18.4 Å². The Morgan fingerprint density at radius 3 is 2.44 bits per heavy atom. The van der Waals surface area contributed by atoms with Crippen LogP contribution in [0.25, 0.3) is 0 Å². The van der Waals surface area contributed by atoms with Crippen LogP contribution in [-0.2, 0) is 10.3 Å². The lowest BCUT2D eigenvalue weighted by atomic mass is 9.72. The molecular formula is C12H9F2NO3. The molecule has 0 saturated heterocycles. The van der Waals surface area contributed by atoms with Crippen molar-refractivity contribution >= 4 is 12.0 Å². The predicted octanol–water partition coefficient (Wildman–Crippen LogP) is 2.38. The predicted molar refractivity (Wildman–Crippen MR) is 57.0 cm³/mol. The number of halogens is 2. The molecule has 0 unspecified atom stereocenters. The fourth-order valence-electron chi connectivity index (χ4n) is 2.11. The van der Waals surface area contributed by atoms with Crippen LogP contribution in [0.2, 0.25) is 0 Å². The van der Waals surface area contributed by atoms with E-state index in [1.54, 1.807) is 0 Å². The molecule has 0 atom stereocenters. The summed E-state index contributed by atoms with van der Waals surface area (Å²) in [5, 5.41) is 8.67. The molecule has 2 rings (SSSR count). The van der Waals surface area contributed by atoms with Crippen LogP contribution in [-0.4, -0.2) is 17.2 Å². The third kappa shape index (κ3) is 1.80. The van der Waals surface area contributed by atoms with Crippen molar-refractivity contribution in [2.24, 2.45) is 4.99 Å². The van der Waals surface area contributed by atoms with Crippen LogP contribution in [0.3, 0.4) is 0 Å². The van der Waals surface area contributed by atoms with E-state index in [0.29, 0.717) is 18.9 Å². The Labute approximate surface area is 101 Å². The molecule has 1 saturated carbocycles. The monoisotopic (exact) mass is 253 g/mol. The number of hydrogen-bond donors (Lipinski definition) is 1. The highest BCUT2D eigenvalue weighted by Crippen LogP contribution is 2.46. The number of carboxylic acid groups (broad SMARTS) is 1. The first-order valence-corrected chi connectivity index (χ1v) is 5.32. The first kappa shape index (κ1) is 12.4. The van der Waals surface area contributed by atoms with Gasteiger partial charge in [-0.1, -0.05) is 0 Å². The maximum atomic E-state index is 13.8. The molecule has 0 heterocycles. The van der Waals surface area contributed by atoms with Crippen molar-refractivity contribution in [1.82, 2.24) is 0 Å². The van der Waals surface area contributed by atoms with E-state index in [9.17, 15) is 18.4 Å². The SMILES string of the molecule is O=C=NC1(c2cc(F)c(C(=O)O)cc2F)CCC1. The van der Waals surface area contributed by atoms with Crippen LogP contribution in [0.15, 0.2) is 17.1 Å². The zero-order valence-electron chi connectivity index (χ0n) is 9.24. The molecule has 0 spiro atoms. The molecule has 0 bridgehead atoms. The lowest BCUT2D eigenvalue weighted by Gasteiger charge is -2.37. The van der Waals surface area contributed by atoms with E-state index in [-0.39, 0.29) is 5.56 Å². The Hall–Kier alpha value is -2.07. The normalized spacial score (nSPS) is 16.6. The number of hydrogen-bond acceptors (Lipinski definition) is 3. The summed E-state index contributed by atoms with van der Waals surface area (Å²) in [7, 11) is 0. The van der Waals surface area contributed by atoms with Crippen LogP contribution in [0.1, 0.15) is 35.2 Å². The van der Waals surface area contributed by atoms with Gasteiger partial charge in [-0.05, 0) is 31.4 Å². The Morgan fingerprint density at radius 2 is 2.00 bits per heavy atom. The second kappa shape index (κ2) is 4.31. The number of carbonyl (C=O) groups is 1. The summed E-state index contributed by atoms with van der Waals surface area (Å²) in [6, 6.07) is 1.42. The molecule has 1 aromatic rings. The van der Waals surface area contributed by atoms with Crippen LogP contribution in [0.4, 0.5) is 8.78 Å². The average Bonchev–Trinajstić information content (AvgIpc) is 2.26. The average molecular weight is 253 g/mol. The van der Waals surface area contributed by atoms with Gasteiger partial charge in [0.1, 0.15) is 17.2 Å². The zero-order chi connectivity index (χ0) is 13.3. The molecular weight excluding hydrogens is 244 g/mol. The van der Waals surface area contributed by atoms with E-state index in [2.05, 4.69) is 4.99 Å². The number of benzene rings is 1. The Bertz CT molecular complexity index is 561. The van der Waals surface area contributed by atoms with Gasteiger partial charge in [0.25, 0.3) is 0 Å². The summed E-state index contributed by atoms with van der Waals surface area (Å²) in [6.07, 6.45) is 2.95. The highest BCUT2D eigenvalue weighted by molar-refractivity contribution is 5.88. The van der Waals surface area contributed by atoms with Crippen LogP contribution in [0, 0.1) is 11.6 Å². The molecule has 18 heavy (non-hydrogen) atoms. The van der Waals surface area contributed by atoms with Crippen LogP contribution < -0.4 is 0 Å². The molecule has 1 N–H and O–H groups in total. The highest BCUT2D eigenvalue weighted by atomic mass is 19.1. The second-order valence-corrected chi connectivity index (χ2v) is 4.21. The zero-order valence-corrected chi connectivity index (χ0v) is 9.24. The van der Waals surface area contributed by atoms with Crippen molar-refractivity contribution < 1.29 is 23.5 Å². The maximum Gasteiger partial charge on any atom is 0.338 e. The van der Waals surface area contributed by atoms with Gasteiger partial charge in [-0.2, -0.15) is 4.99 Å². The van der Waals surface area contributed by atoms with Gasteiger partial charge in [0.2, 0.25) is 6.08 Å². The molecule has 94 valence electrons. The van der Waals surface area contributed by atoms with Gasteiger partial charge in [-0.15, -0.1) is 0 Å². The number of nitrogens with zero attached hydrogens (tertiary/aromatic N) is 1. The fourth-order valence-corrected chi connectivity index (χ4v) is 2.11. The van der Waals surface area contributed by atoms with Gasteiger partial charge in [0, 0.05) is 5.56 Å². The van der Waals surface area contributed by atoms with Crippen LogP contribution >= 0.6 is 0 Å². The molecule has 1 fully saturated rings. The number of aliphatic imine (C=N–C) groups is 1. The van der Waals surface area contributed by atoms with Crippen molar-refractivity contribution in [2.45, 2.75) is 24.8 Å². The molecule has 6 heteroatoms. The van der Waals surface area contributed by atoms with Crippen molar-refractivity contribution in [3.63, 3.8) is 0 Å². The molecule has 0 amide bonds. The lowest BCUT2D eigenvalue weighted by molar-refractivity contribution is 0.0691. The van der Waals surface area contributed by atoms with Gasteiger partial charge >= 0.3 is 5.97 Å². The smallest absolute Gasteiger partial charge is 0.338 e. The van der Waals surface area contributed by atoms with E-state index in [1.165, 1.54) is 6.08 Å². The quantitative estimate of drug-likeness (QED) is 0.664. The number of rotatable bonds is 3. The summed E-state index contributed by atoms with van der Waals surface area (Å²) in [4.78, 5) is 24.6. The van der Waals surface area contributed by atoms with Gasteiger partial charge < -0.3 is 5.11 Å². The van der Waals surface area contributed by atoms with Gasteiger partial charge in [0.05, 0.1) is 5.56 Å². The van der Waals surface area contributed by atoms with E-state index < -0.39 is 28.7 Å². The second-order valence-electron chi connectivity index (χ2n) is 4.21. The molecule has 4 nitrogen and oxygen atoms in total. The number of isocyanates is 1. The summed E-state index contributed by atoms with van der Waals surface area (Å²) in [5.41, 5.74) is -1.90. The van der Waals surface area contributed by atoms with Crippen molar-refractivity contribution in [3.8, 4) is 0 Å². The number of carbonyl (C=O) groups excluding carboxylic acids is 1. The Balaban J connectivity index is 2.56. The maximum absolute atomic E-state index is 13.8. The molecule has 0 aromatic heterocycles. The minimum absolute atomic E-state index is 0.0837. The van der Waals surface area contributed by atoms with Gasteiger partial charge in [0.15, 0.2) is 0 Å². The minimum atomic E-state index is -1.54. The molecule has 0 aliphatic heterocycles.